The molecular formula is C23H30N6O4S. The van der Waals surface area contributed by atoms with Gasteiger partial charge in [0.15, 0.2) is 5.57 Å². The van der Waals surface area contributed by atoms with Crippen LogP contribution in [0.2, 0.25) is 0 Å². The largest absolute Gasteiger partial charge is 0.383 e. The van der Waals surface area contributed by atoms with Gasteiger partial charge >= 0.3 is 0 Å². The van der Waals surface area contributed by atoms with Gasteiger partial charge in [0.2, 0.25) is 5.91 Å². The zero-order valence-electron chi connectivity index (χ0n) is 19.8. The van der Waals surface area contributed by atoms with E-state index < -0.39 is 5.91 Å². The molecule has 2 amide bonds. The molecule has 11 heteroatoms. The fourth-order valence-corrected chi connectivity index (χ4v) is 4.13. The maximum Gasteiger partial charge on any atom is 0.270 e. The van der Waals surface area contributed by atoms with Crippen molar-refractivity contribution in [1.29, 1.82) is 5.26 Å². The molecule has 0 aliphatic carbocycles. The van der Waals surface area contributed by atoms with E-state index in [1.807, 2.05) is 18.0 Å². The number of benzene rings is 1. The van der Waals surface area contributed by atoms with Gasteiger partial charge in [-0.15, -0.1) is 11.3 Å². The van der Waals surface area contributed by atoms with Crippen molar-refractivity contribution in [2.24, 2.45) is 0 Å². The minimum atomic E-state index is -0.510. The third kappa shape index (κ3) is 7.28. The minimum Gasteiger partial charge on any atom is -0.383 e. The Hall–Kier alpha value is -3.46. The number of nitrogens with one attached hydrogen (secondary N) is 3. The van der Waals surface area contributed by atoms with Crippen molar-refractivity contribution in [2.75, 3.05) is 51.0 Å². The molecule has 1 aromatic carbocycles. The summed E-state index contributed by atoms with van der Waals surface area (Å²) in [4.78, 5) is 39.2. The number of thiazole rings is 1. The number of carbonyl (C=O) groups is 2. The van der Waals surface area contributed by atoms with Crippen LogP contribution in [0.15, 0.2) is 29.1 Å². The van der Waals surface area contributed by atoms with E-state index in [0.717, 1.165) is 11.3 Å². The van der Waals surface area contributed by atoms with Crippen molar-refractivity contribution in [3.8, 4) is 6.07 Å². The maximum absolute atomic E-state index is 12.8. The summed E-state index contributed by atoms with van der Waals surface area (Å²) in [5, 5.41) is 18.0. The zero-order valence-corrected chi connectivity index (χ0v) is 20.6. The average molecular weight is 487 g/mol. The monoisotopic (exact) mass is 486 g/mol. The molecule has 3 N–H and O–H groups in total. The van der Waals surface area contributed by atoms with Crippen molar-refractivity contribution in [2.45, 2.75) is 20.4 Å². The third-order valence-corrected chi connectivity index (χ3v) is 5.85. The van der Waals surface area contributed by atoms with Crippen LogP contribution in [0.3, 0.4) is 0 Å². The number of hydrogen-bond acceptors (Lipinski definition) is 8. The first-order valence-electron chi connectivity index (χ1n) is 10.8. The Morgan fingerprint density at radius 2 is 2.03 bits per heavy atom. The van der Waals surface area contributed by atoms with Gasteiger partial charge < -0.3 is 20.7 Å². The summed E-state index contributed by atoms with van der Waals surface area (Å²) >= 11 is 1.07. The van der Waals surface area contributed by atoms with Gasteiger partial charge in [-0.2, -0.15) is 5.26 Å². The van der Waals surface area contributed by atoms with E-state index in [4.69, 9.17) is 4.74 Å². The predicted molar refractivity (Wildman–Crippen MR) is 134 cm³/mol. The Bertz CT molecular complexity index is 1230. The molecule has 34 heavy (non-hydrogen) atoms. The van der Waals surface area contributed by atoms with Crippen molar-refractivity contribution in [1.82, 2.24) is 14.8 Å². The van der Waals surface area contributed by atoms with Crippen molar-refractivity contribution < 1.29 is 14.3 Å². The lowest BCUT2D eigenvalue weighted by molar-refractivity contribution is -0.117. The lowest BCUT2D eigenvalue weighted by Crippen LogP contribution is -2.34. The number of anilines is 2. The minimum absolute atomic E-state index is 0.0920. The number of carbonyl (C=O) groups excluding carboxylic acids is 2. The molecule has 10 nitrogen and oxygen atoms in total. The Balaban J connectivity index is 2.26. The van der Waals surface area contributed by atoms with Gasteiger partial charge in [-0.05, 0) is 39.1 Å². The molecule has 1 aromatic heterocycles. The van der Waals surface area contributed by atoms with E-state index in [0.29, 0.717) is 46.8 Å². The van der Waals surface area contributed by atoms with E-state index in [1.165, 1.54) is 10.8 Å². The van der Waals surface area contributed by atoms with E-state index in [9.17, 15) is 19.6 Å². The number of rotatable bonds is 11. The highest BCUT2D eigenvalue weighted by atomic mass is 32.1. The van der Waals surface area contributed by atoms with Crippen molar-refractivity contribution >= 4 is 46.3 Å². The molecule has 1 heterocycles. The van der Waals surface area contributed by atoms with Crippen LogP contribution in [0, 0.1) is 11.3 Å². The van der Waals surface area contributed by atoms with Crippen LogP contribution >= 0.6 is 11.3 Å². The van der Waals surface area contributed by atoms with Crippen LogP contribution < -0.4 is 30.7 Å². The maximum atomic E-state index is 12.8. The first kappa shape index (κ1) is 26.8. The number of ether oxygens (including phenoxy) is 1. The van der Waals surface area contributed by atoms with E-state index in [-0.39, 0.29) is 23.6 Å². The molecule has 0 saturated carbocycles. The van der Waals surface area contributed by atoms with Crippen LogP contribution in [0.25, 0.3) is 11.8 Å². The van der Waals surface area contributed by atoms with Crippen molar-refractivity contribution in [3.63, 3.8) is 0 Å². The van der Waals surface area contributed by atoms with E-state index >= 15 is 0 Å². The van der Waals surface area contributed by atoms with Gasteiger partial charge in [0.25, 0.3) is 11.5 Å². The van der Waals surface area contributed by atoms with Gasteiger partial charge in [-0.3, -0.25) is 23.9 Å². The second-order valence-electron chi connectivity index (χ2n) is 7.32. The fourth-order valence-electron chi connectivity index (χ4n) is 3.04. The first-order valence-corrected chi connectivity index (χ1v) is 11.6. The second-order valence-corrected chi connectivity index (χ2v) is 8.35. The number of amides is 2. The number of aromatic nitrogens is 1. The smallest absolute Gasteiger partial charge is 0.270 e. The van der Waals surface area contributed by atoms with Crippen LogP contribution in [-0.2, 0) is 20.9 Å². The Morgan fingerprint density at radius 1 is 1.29 bits per heavy atom. The highest BCUT2D eigenvalue weighted by Crippen LogP contribution is 2.15. The number of hydrogen-bond donors (Lipinski definition) is 3. The molecule has 0 bridgehead atoms. The summed E-state index contributed by atoms with van der Waals surface area (Å²) in [6, 6.07) is 9.01. The van der Waals surface area contributed by atoms with Crippen LogP contribution in [0.1, 0.15) is 13.8 Å². The SMILES string of the molecule is CCNC(=O)C(C#N)=c1sc(=CNc2cccc(NC(=O)CN(C)CCOC)c2)c(=O)n1CC. The predicted octanol–water partition coefficient (Wildman–Crippen LogP) is 0.107. The average Bonchev–Trinajstić information content (AvgIpc) is 3.12. The van der Waals surface area contributed by atoms with Gasteiger partial charge in [-0.1, -0.05) is 6.07 Å². The lowest BCUT2D eigenvalue weighted by atomic mass is 10.2. The molecule has 182 valence electrons. The summed E-state index contributed by atoms with van der Waals surface area (Å²) < 4.78 is 7.08. The molecule has 0 saturated heterocycles. The lowest BCUT2D eigenvalue weighted by Gasteiger charge is -2.15. The Morgan fingerprint density at radius 3 is 2.68 bits per heavy atom. The summed E-state index contributed by atoms with van der Waals surface area (Å²) in [5.41, 5.74) is 0.884. The molecule has 0 unspecified atom stereocenters. The van der Waals surface area contributed by atoms with Gasteiger partial charge in [0.1, 0.15) is 15.3 Å². The molecular weight excluding hydrogens is 456 g/mol. The normalized spacial score (nSPS) is 12.3. The standard InChI is InChI=1S/C23H30N6O4S/c1-5-25-21(31)18(13-24)23-29(6-2)22(32)19(34-23)14-26-16-8-7-9-17(12-16)27-20(30)15-28(3)10-11-33-4/h7-9,12,14,26H,5-6,10-11,15H2,1-4H3,(H,25,31)(H,27,30). The van der Waals surface area contributed by atoms with Crippen molar-refractivity contribution in [3.05, 3.63) is 43.8 Å². The quantitative estimate of drug-likeness (QED) is 0.411. The molecule has 2 rings (SSSR count). The molecule has 0 atom stereocenters. The molecule has 0 fully saturated rings. The fraction of sp³-hybridized carbons (Fsp3) is 0.391. The first-order chi connectivity index (χ1) is 16.3. The van der Waals surface area contributed by atoms with Gasteiger partial charge in [-0.25, -0.2) is 0 Å². The van der Waals surface area contributed by atoms with E-state index in [1.54, 1.807) is 45.2 Å². The highest BCUT2D eigenvalue weighted by molar-refractivity contribution is 7.07. The Labute approximate surface area is 202 Å². The molecule has 0 aliphatic rings. The molecule has 2 aromatic rings. The molecule has 0 aliphatic heterocycles. The third-order valence-electron chi connectivity index (χ3n) is 4.72. The van der Waals surface area contributed by atoms with Crippen LogP contribution in [0.4, 0.5) is 11.4 Å². The van der Waals surface area contributed by atoms with Crippen LogP contribution in [0.5, 0.6) is 0 Å². The number of likely N-dealkylation sites (N-methyl/N-ethyl adjacent to an activating group) is 1. The van der Waals surface area contributed by atoms with Gasteiger partial charge in [0.05, 0.1) is 13.2 Å². The van der Waals surface area contributed by atoms with Gasteiger partial charge in [0, 0.05) is 44.3 Å². The number of nitrogens with zero attached hydrogens (tertiary/aromatic N) is 3. The number of methoxy groups -OCH3 is 1. The topological polar surface area (TPSA) is 128 Å². The number of nitriles is 1. The molecule has 0 radical (unpaired) electrons. The van der Waals surface area contributed by atoms with Crippen LogP contribution in [-0.4, -0.2) is 61.7 Å². The summed E-state index contributed by atoms with van der Waals surface area (Å²) in [6.45, 7) is 5.65. The molecule has 0 spiro atoms. The Kier molecular flexibility index (Phi) is 10.5. The summed E-state index contributed by atoms with van der Waals surface area (Å²) in [7, 11) is 3.45. The highest BCUT2D eigenvalue weighted by Gasteiger charge is 2.14. The van der Waals surface area contributed by atoms with E-state index in [2.05, 4.69) is 16.0 Å². The summed E-state index contributed by atoms with van der Waals surface area (Å²) in [6.07, 6.45) is 1.54. The second kappa shape index (κ2) is 13.3. The zero-order chi connectivity index (χ0) is 25.1. The summed E-state index contributed by atoms with van der Waals surface area (Å²) in [5.74, 6) is -0.664.